The van der Waals surface area contributed by atoms with E-state index in [2.05, 4.69) is 0 Å². The molecule has 0 bridgehead atoms. The molecule has 0 saturated carbocycles. The number of hydrogen-bond donors (Lipinski definition) is 1. The maximum atomic E-state index is 12.2. The monoisotopic (exact) mass is 296 g/mol. The fourth-order valence-electron chi connectivity index (χ4n) is 2.02. The van der Waals surface area contributed by atoms with Crippen LogP contribution in [0, 0.1) is 6.92 Å². The Kier molecular flexibility index (Phi) is 5.54. The lowest BCUT2D eigenvalue weighted by atomic mass is 10.0. The summed E-state index contributed by atoms with van der Waals surface area (Å²) in [5.74, 6) is 0.429. The zero-order valence-corrected chi connectivity index (χ0v) is 13.3. The molecule has 0 atom stereocenters. The lowest BCUT2D eigenvalue weighted by Crippen LogP contribution is -2.53. The van der Waals surface area contributed by atoms with Crippen LogP contribution in [0.15, 0.2) is 16.5 Å². The van der Waals surface area contributed by atoms with Gasteiger partial charge in [-0.1, -0.05) is 6.92 Å². The molecule has 6 heteroatoms. The molecule has 21 heavy (non-hydrogen) atoms. The number of furan rings is 1. The van der Waals surface area contributed by atoms with E-state index in [1.54, 1.807) is 30.7 Å². The van der Waals surface area contributed by atoms with E-state index in [-0.39, 0.29) is 12.5 Å². The second-order valence-corrected chi connectivity index (χ2v) is 5.64. The molecule has 0 aliphatic rings. The Balaban J connectivity index is 2.67. The number of likely N-dealkylation sites (N-methyl/N-ethyl adjacent to an activating group) is 2. The summed E-state index contributed by atoms with van der Waals surface area (Å²) in [6.45, 7) is 7.81. The minimum absolute atomic E-state index is 0.0615. The number of aryl methyl sites for hydroxylation is 1. The lowest BCUT2D eigenvalue weighted by molar-refractivity contribution is -0.151. The summed E-state index contributed by atoms with van der Waals surface area (Å²) < 4.78 is 5.44. The molecule has 1 aromatic heterocycles. The van der Waals surface area contributed by atoms with Gasteiger partial charge in [-0.2, -0.15) is 0 Å². The van der Waals surface area contributed by atoms with Crippen molar-refractivity contribution in [2.75, 3.05) is 20.1 Å². The fraction of sp³-hybridized carbons (Fsp3) is 0.600. The zero-order chi connectivity index (χ0) is 16.2. The third-order valence-corrected chi connectivity index (χ3v) is 3.64. The van der Waals surface area contributed by atoms with Crippen LogP contribution in [-0.4, -0.2) is 52.5 Å². The van der Waals surface area contributed by atoms with Crippen LogP contribution in [0.5, 0.6) is 0 Å². The van der Waals surface area contributed by atoms with Crippen LogP contribution in [0.2, 0.25) is 0 Å². The number of carbonyl (C=O) groups is 2. The SMILES string of the molecule is CCN(CC(=O)N(C)Cc1ccc(C)o1)C(C)(C)C(=O)O. The quantitative estimate of drug-likeness (QED) is 0.829. The summed E-state index contributed by atoms with van der Waals surface area (Å²) >= 11 is 0. The maximum Gasteiger partial charge on any atom is 0.323 e. The predicted octanol–water partition coefficient (Wildman–Crippen LogP) is 1.73. The minimum atomic E-state index is -1.08. The van der Waals surface area contributed by atoms with E-state index >= 15 is 0 Å². The highest BCUT2D eigenvalue weighted by atomic mass is 16.4. The predicted molar refractivity (Wildman–Crippen MR) is 78.9 cm³/mol. The van der Waals surface area contributed by atoms with Crippen molar-refractivity contribution in [3.8, 4) is 0 Å². The summed E-state index contributed by atoms with van der Waals surface area (Å²) in [6, 6.07) is 3.68. The first-order chi connectivity index (χ1) is 9.68. The van der Waals surface area contributed by atoms with Crippen LogP contribution in [0.4, 0.5) is 0 Å². The van der Waals surface area contributed by atoms with Gasteiger partial charge in [0.15, 0.2) is 0 Å². The Hall–Kier alpha value is -1.82. The number of nitrogens with zero attached hydrogens (tertiary/aromatic N) is 2. The standard InChI is InChI=1S/C15H24N2O4/c1-6-17(15(3,4)14(19)20)10-13(18)16(5)9-12-8-7-11(2)21-12/h7-8H,6,9-10H2,1-5H3,(H,19,20). The van der Waals surface area contributed by atoms with E-state index in [9.17, 15) is 14.7 Å². The average molecular weight is 296 g/mol. The van der Waals surface area contributed by atoms with Gasteiger partial charge in [0.2, 0.25) is 5.91 Å². The van der Waals surface area contributed by atoms with Crippen LogP contribution >= 0.6 is 0 Å². The second kappa shape index (κ2) is 6.76. The molecule has 0 fully saturated rings. The van der Waals surface area contributed by atoms with Crippen molar-refractivity contribution >= 4 is 11.9 Å². The number of aliphatic carboxylic acids is 1. The van der Waals surface area contributed by atoms with Crippen molar-refractivity contribution in [3.63, 3.8) is 0 Å². The molecule has 1 heterocycles. The smallest absolute Gasteiger partial charge is 0.323 e. The molecule has 0 saturated heterocycles. The maximum absolute atomic E-state index is 12.2. The van der Waals surface area contributed by atoms with Crippen molar-refractivity contribution in [2.45, 2.75) is 39.8 Å². The topological polar surface area (TPSA) is 74.0 Å². The Morgan fingerprint density at radius 1 is 1.33 bits per heavy atom. The first-order valence-electron chi connectivity index (χ1n) is 6.96. The van der Waals surface area contributed by atoms with E-state index in [1.807, 2.05) is 26.0 Å². The average Bonchev–Trinajstić information content (AvgIpc) is 2.80. The first kappa shape index (κ1) is 17.2. The molecule has 1 rings (SSSR count). The van der Waals surface area contributed by atoms with Gasteiger partial charge in [-0.15, -0.1) is 0 Å². The van der Waals surface area contributed by atoms with E-state index in [4.69, 9.17) is 4.42 Å². The minimum Gasteiger partial charge on any atom is -0.480 e. The summed E-state index contributed by atoms with van der Waals surface area (Å²) in [5.41, 5.74) is -1.08. The third kappa shape index (κ3) is 4.32. The number of carbonyl (C=O) groups excluding carboxylic acids is 1. The molecule has 0 aromatic carbocycles. The van der Waals surface area contributed by atoms with Crippen molar-refractivity contribution in [3.05, 3.63) is 23.7 Å². The van der Waals surface area contributed by atoms with Gasteiger partial charge in [-0.05, 0) is 39.4 Å². The molecule has 118 valence electrons. The molecule has 1 aromatic rings. The second-order valence-electron chi connectivity index (χ2n) is 5.64. The summed E-state index contributed by atoms with van der Waals surface area (Å²) in [5, 5.41) is 9.25. The van der Waals surface area contributed by atoms with Crippen molar-refractivity contribution < 1.29 is 19.1 Å². The van der Waals surface area contributed by atoms with Crippen LogP contribution in [-0.2, 0) is 16.1 Å². The molecule has 6 nitrogen and oxygen atoms in total. The summed E-state index contributed by atoms with van der Waals surface area (Å²) in [4.78, 5) is 26.7. The zero-order valence-electron chi connectivity index (χ0n) is 13.3. The number of amides is 1. The third-order valence-electron chi connectivity index (χ3n) is 3.64. The molecule has 0 unspecified atom stereocenters. The molecule has 0 radical (unpaired) electrons. The lowest BCUT2D eigenvalue weighted by Gasteiger charge is -2.34. The highest BCUT2D eigenvalue weighted by molar-refractivity contribution is 5.81. The van der Waals surface area contributed by atoms with Gasteiger partial charge in [0, 0.05) is 7.05 Å². The van der Waals surface area contributed by atoms with Crippen LogP contribution in [0.3, 0.4) is 0 Å². The Morgan fingerprint density at radius 3 is 2.38 bits per heavy atom. The normalized spacial score (nSPS) is 11.7. The molecule has 0 spiro atoms. The van der Waals surface area contributed by atoms with Crippen molar-refractivity contribution in [2.24, 2.45) is 0 Å². The van der Waals surface area contributed by atoms with E-state index in [0.29, 0.717) is 18.8 Å². The van der Waals surface area contributed by atoms with Crippen LogP contribution < -0.4 is 0 Å². The number of rotatable bonds is 7. The largest absolute Gasteiger partial charge is 0.480 e. The molecule has 1 amide bonds. The number of carboxylic acids is 1. The van der Waals surface area contributed by atoms with E-state index in [1.165, 1.54) is 0 Å². The number of carboxylic acid groups (broad SMARTS) is 1. The van der Waals surface area contributed by atoms with E-state index in [0.717, 1.165) is 5.76 Å². The van der Waals surface area contributed by atoms with Crippen molar-refractivity contribution in [1.82, 2.24) is 9.80 Å². The van der Waals surface area contributed by atoms with E-state index < -0.39 is 11.5 Å². The van der Waals surface area contributed by atoms with Gasteiger partial charge in [-0.25, -0.2) is 0 Å². The molecule has 0 aliphatic carbocycles. The van der Waals surface area contributed by atoms with Gasteiger partial charge in [0.05, 0.1) is 13.1 Å². The first-order valence-corrected chi connectivity index (χ1v) is 6.96. The Bertz CT molecular complexity index is 508. The van der Waals surface area contributed by atoms with Crippen LogP contribution in [0.1, 0.15) is 32.3 Å². The van der Waals surface area contributed by atoms with Gasteiger partial charge in [0.25, 0.3) is 0 Å². The molecule has 0 aliphatic heterocycles. The molecule has 1 N–H and O–H groups in total. The van der Waals surface area contributed by atoms with Gasteiger partial charge < -0.3 is 14.4 Å². The molecular formula is C15H24N2O4. The van der Waals surface area contributed by atoms with Gasteiger partial charge in [0.1, 0.15) is 17.1 Å². The Morgan fingerprint density at radius 2 is 1.95 bits per heavy atom. The summed E-state index contributed by atoms with van der Waals surface area (Å²) in [7, 11) is 1.68. The number of hydrogen-bond acceptors (Lipinski definition) is 4. The van der Waals surface area contributed by atoms with Crippen LogP contribution in [0.25, 0.3) is 0 Å². The van der Waals surface area contributed by atoms with Crippen molar-refractivity contribution in [1.29, 1.82) is 0 Å². The highest BCUT2D eigenvalue weighted by Crippen LogP contribution is 2.15. The highest BCUT2D eigenvalue weighted by Gasteiger charge is 2.35. The molecular weight excluding hydrogens is 272 g/mol. The van der Waals surface area contributed by atoms with Gasteiger partial charge >= 0.3 is 5.97 Å². The Labute approximate surface area is 125 Å². The van der Waals surface area contributed by atoms with Gasteiger partial charge in [-0.3, -0.25) is 14.5 Å². The summed E-state index contributed by atoms with van der Waals surface area (Å²) in [6.07, 6.45) is 0. The fourth-order valence-corrected chi connectivity index (χ4v) is 2.02.